The topological polar surface area (TPSA) is 56.7 Å². The normalized spacial score (nSPS) is 16.6. The van der Waals surface area contributed by atoms with E-state index in [9.17, 15) is 4.79 Å². The average Bonchev–Trinajstić information content (AvgIpc) is 3.04. The van der Waals surface area contributed by atoms with Gasteiger partial charge in [-0.05, 0) is 42.4 Å². The van der Waals surface area contributed by atoms with Gasteiger partial charge in [-0.2, -0.15) is 0 Å². The molecule has 0 bridgehead atoms. The molecule has 0 aliphatic heterocycles. The quantitative estimate of drug-likeness (QED) is 0.616. The second-order valence-electron chi connectivity index (χ2n) is 7.52. The van der Waals surface area contributed by atoms with Gasteiger partial charge in [0, 0.05) is 39.8 Å². The zero-order valence-electron chi connectivity index (χ0n) is 16.1. The SMILES string of the molecule is CN=C(NCCc1cccc(C(=O)N(C)C)c1)NCC1(C)CCCC1. The van der Waals surface area contributed by atoms with Crippen molar-refractivity contribution in [1.82, 2.24) is 15.5 Å². The van der Waals surface area contributed by atoms with Gasteiger partial charge in [-0.25, -0.2) is 0 Å². The summed E-state index contributed by atoms with van der Waals surface area (Å²) in [6.07, 6.45) is 6.12. The summed E-state index contributed by atoms with van der Waals surface area (Å²) in [5.41, 5.74) is 2.29. The first-order valence-corrected chi connectivity index (χ1v) is 9.19. The number of amides is 1. The fraction of sp³-hybridized carbons (Fsp3) is 0.600. The van der Waals surface area contributed by atoms with Crippen molar-refractivity contribution in [2.75, 3.05) is 34.2 Å². The van der Waals surface area contributed by atoms with Crippen molar-refractivity contribution in [3.63, 3.8) is 0 Å². The highest BCUT2D eigenvalue weighted by molar-refractivity contribution is 5.94. The third kappa shape index (κ3) is 5.76. The molecule has 0 aromatic heterocycles. The standard InChI is InChI=1S/C20H32N4O/c1-20(11-5-6-12-20)15-23-19(21-2)22-13-10-16-8-7-9-17(14-16)18(25)24(3)4/h7-9,14H,5-6,10-13,15H2,1-4H3,(H2,21,22,23). The molecule has 1 fully saturated rings. The fourth-order valence-corrected chi connectivity index (χ4v) is 3.37. The molecular formula is C20H32N4O. The van der Waals surface area contributed by atoms with E-state index >= 15 is 0 Å². The number of carbonyl (C=O) groups excluding carboxylic acids is 1. The molecule has 0 saturated heterocycles. The Hall–Kier alpha value is -2.04. The van der Waals surface area contributed by atoms with Gasteiger partial charge in [0.25, 0.3) is 5.91 Å². The first kappa shape index (κ1) is 19.3. The van der Waals surface area contributed by atoms with Gasteiger partial charge < -0.3 is 15.5 Å². The number of nitrogens with one attached hydrogen (secondary N) is 2. The lowest BCUT2D eigenvalue weighted by molar-refractivity contribution is 0.0827. The van der Waals surface area contributed by atoms with E-state index in [4.69, 9.17) is 0 Å². The van der Waals surface area contributed by atoms with Crippen LogP contribution in [0.2, 0.25) is 0 Å². The highest BCUT2D eigenvalue weighted by atomic mass is 16.2. The molecule has 5 heteroatoms. The summed E-state index contributed by atoms with van der Waals surface area (Å²) < 4.78 is 0. The lowest BCUT2D eigenvalue weighted by atomic mass is 9.89. The zero-order valence-corrected chi connectivity index (χ0v) is 16.1. The molecule has 0 heterocycles. The Labute approximate surface area is 151 Å². The second kappa shape index (κ2) is 8.88. The summed E-state index contributed by atoms with van der Waals surface area (Å²) in [7, 11) is 5.36. The monoisotopic (exact) mass is 344 g/mol. The van der Waals surface area contributed by atoms with Gasteiger partial charge in [0.15, 0.2) is 5.96 Å². The number of rotatable bonds is 6. The Morgan fingerprint density at radius 2 is 1.96 bits per heavy atom. The molecular weight excluding hydrogens is 312 g/mol. The smallest absolute Gasteiger partial charge is 0.253 e. The summed E-state index contributed by atoms with van der Waals surface area (Å²) >= 11 is 0. The lowest BCUT2D eigenvalue weighted by Crippen LogP contribution is -2.42. The number of aliphatic imine (C=N–C) groups is 1. The van der Waals surface area contributed by atoms with Crippen LogP contribution < -0.4 is 10.6 Å². The highest BCUT2D eigenvalue weighted by Crippen LogP contribution is 2.36. The maximum atomic E-state index is 12.0. The van der Waals surface area contributed by atoms with Crippen LogP contribution in [0, 0.1) is 5.41 Å². The van der Waals surface area contributed by atoms with Gasteiger partial charge in [0.05, 0.1) is 0 Å². The van der Waals surface area contributed by atoms with Crippen molar-refractivity contribution in [3.8, 4) is 0 Å². The Kier molecular flexibility index (Phi) is 6.85. The van der Waals surface area contributed by atoms with Crippen molar-refractivity contribution >= 4 is 11.9 Å². The van der Waals surface area contributed by atoms with Crippen LogP contribution in [0.15, 0.2) is 29.3 Å². The van der Waals surface area contributed by atoms with Gasteiger partial charge >= 0.3 is 0 Å². The Bertz CT molecular complexity index is 603. The van der Waals surface area contributed by atoms with Crippen LogP contribution in [-0.2, 0) is 6.42 Å². The van der Waals surface area contributed by atoms with Gasteiger partial charge in [0.2, 0.25) is 0 Å². The molecule has 1 aliphatic rings. The maximum Gasteiger partial charge on any atom is 0.253 e. The summed E-state index contributed by atoms with van der Waals surface area (Å²) in [6.45, 7) is 4.11. The number of carbonyl (C=O) groups is 1. The molecule has 1 aromatic carbocycles. The van der Waals surface area contributed by atoms with Crippen LogP contribution >= 0.6 is 0 Å². The molecule has 0 atom stereocenters. The predicted octanol–water partition coefficient (Wildman–Crippen LogP) is 2.68. The number of guanidine groups is 1. The van der Waals surface area contributed by atoms with Gasteiger partial charge in [-0.3, -0.25) is 9.79 Å². The average molecular weight is 345 g/mol. The van der Waals surface area contributed by atoms with Crippen molar-refractivity contribution in [2.45, 2.75) is 39.0 Å². The van der Waals surface area contributed by atoms with E-state index in [-0.39, 0.29) is 5.91 Å². The molecule has 138 valence electrons. The number of nitrogens with zero attached hydrogens (tertiary/aromatic N) is 2. The van der Waals surface area contributed by atoms with Crippen LogP contribution in [0.25, 0.3) is 0 Å². The van der Waals surface area contributed by atoms with Crippen molar-refractivity contribution < 1.29 is 4.79 Å². The zero-order chi connectivity index (χ0) is 18.3. The molecule has 25 heavy (non-hydrogen) atoms. The molecule has 2 N–H and O–H groups in total. The summed E-state index contributed by atoms with van der Waals surface area (Å²) in [6, 6.07) is 7.84. The first-order valence-electron chi connectivity index (χ1n) is 9.19. The van der Waals surface area contributed by atoms with Crippen molar-refractivity contribution in [3.05, 3.63) is 35.4 Å². The highest BCUT2D eigenvalue weighted by Gasteiger charge is 2.28. The lowest BCUT2D eigenvalue weighted by Gasteiger charge is -2.25. The van der Waals surface area contributed by atoms with E-state index in [2.05, 4.69) is 28.6 Å². The third-order valence-corrected chi connectivity index (χ3v) is 5.00. The number of hydrogen-bond acceptors (Lipinski definition) is 2. The molecule has 1 aliphatic carbocycles. The molecule has 0 spiro atoms. The largest absolute Gasteiger partial charge is 0.356 e. The van der Waals surface area contributed by atoms with Crippen LogP contribution in [0.3, 0.4) is 0 Å². The maximum absolute atomic E-state index is 12.0. The molecule has 1 saturated carbocycles. The van der Waals surface area contributed by atoms with Crippen LogP contribution in [0.4, 0.5) is 0 Å². The second-order valence-corrected chi connectivity index (χ2v) is 7.52. The van der Waals surface area contributed by atoms with Crippen molar-refractivity contribution in [1.29, 1.82) is 0 Å². The molecule has 0 unspecified atom stereocenters. The van der Waals surface area contributed by atoms with Crippen molar-refractivity contribution in [2.24, 2.45) is 10.4 Å². The molecule has 5 nitrogen and oxygen atoms in total. The van der Waals surface area contributed by atoms with E-state index < -0.39 is 0 Å². The summed E-state index contributed by atoms with van der Waals surface area (Å²) in [5, 5.41) is 6.83. The number of hydrogen-bond donors (Lipinski definition) is 2. The minimum Gasteiger partial charge on any atom is -0.356 e. The van der Waals surface area contributed by atoms with E-state index in [1.807, 2.05) is 25.2 Å². The molecule has 0 radical (unpaired) electrons. The Balaban J connectivity index is 1.80. The first-order chi connectivity index (χ1) is 11.9. The molecule has 1 aromatic rings. The Morgan fingerprint density at radius 3 is 2.60 bits per heavy atom. The van der Waals surface area contributed by atoms with Crippen LogP contribution in [0.5, 0.6) is 0 Å². The van der Waals surface area contributed by atoms with E-state index in [0.29, 0.717) is 5.41 Å². The molecule has 1 amide bonds. The van der Waals surface area contributed by atoms with Crippen LogP contribution in [0.1, 0.15) is 48.5 Å². The van der Waals surface area contributed by atoms with Crippen LogP contribution in [-0.4, -0.2) is 51.0 Å². The van der Waals surface area contributed by atoms with Gasteiger partial charge in [-0.1, -0.05) is 31.9 Å². The van der Waals surface area contributed by atoms with E-state index in [1.165, 1.54) is 25.7 Å². The van der Waals surface area contributed by atoms with Gasteiger partial charge in [0.1, 0.15) is 0 Å². The van der Waals surface area contributed by atoms with E-state index in [0.717, 1.165) is 36.6 Å². The summed E-state index contributed by atoms with van der Waals surface area (Å²) in [4.78, 5) is 18.0. The van der Waals surface area contributed by atoms with E-state index in [1.54, 1.807) is 19.0 Å². The predicted molar refractivity (Wildman–Crippen MR) is 104 cm³/mol. The molecule has 2 rings (SSSR count). The summed E-state index contributed by atoms with van der Waals surface area (Å²) in [5.74, 6) is 0.894. The Morgan fingerprint density at radius 1 is 1.24 bits per heavy atom. The minimum atomic E-state index is 0.0390. The minimum absolute atomic E-state index is 0.0390. The fourth-order valence-electron chi connectivity index (χ4n) is 3.37. The van der Waals surface area contributed by atoms with Gasteiger partial charge in [-0.15, -0.1) is 0 Å². The number of benzene rings is 1. The third-order valence-electron chi connectivity index (χ3n) is 5.00.